The van der Waals surface area contributed by atoms with Crippen molar-refractivity contribution in [3.63, 3.8) is 0 Å². The number of piperidine rings is 1. The Labute approximate surface area is 140 Å². The van der Waals surface area contributed by atoms with E-state index in [0.717, 1.165) is 58.0 Å². The van der Waals surface area contributed by atoms with Crippen molar-refractivity contribution in [3.8, 4) is 0 Å². The van der Waals surface area contributed by atoms with Crippen molar-refractivity contribution in [1.29, 1.82) is 0 Å². The maximum atomic E-state index is 12.3. The zero-order valence-electron chi connectivity index (χ0n) is 12.8. The molecule has 0 aromatic rings. The molecule has 1 aliphatic carbocycles. The molecule has 0 aromatic carbocycles. The molecular weight excluding hydrogens is 309 g/mol. The van der Waals surface area contributed by atoms with Gasteiger partial charge in [-0.15, -0.1) is 24.8 Å². The molecule has 21 heavy (non-hydrogen) atoms. The van der Waals surface area contributed by atoms with E-state index in [4.69, 9.17) is 0 Å². The van der Waals surface area contributed by atoms with E-state index in [1.807, 2.05) is 0 Å². The Hall–Kier alpha value is -0.0300. The Kier molecular flexibility index (Phi) is 8.32. The number of amides is 1. The lowest BCUT2D eigenvalue weighted by atomic mass is 9.84. The molecule has 124 valence electrons. The van der Waals surface area contributed by atoms with Gasteiger partial charge in [0, 0.05) is 38.1 Å². The molecule has 0 radical (unpaired) electrons. The average Bonchev–Trinajstić information content (AvgIpc) is 2.63. The van der Waals surface area contributed by atoms with Crippen molar-refractivity contribution in [2.75, 3.05) is 39.3 Å². The number of carbonyl (C=O) groups is 1. The number of halogens is 2. The lowest BCUT2D eigenvalue weighted by molar-refractivity contribution is -0.138. The number of hydrogen-bond donors (Lipinski definition) is 1. The van der Waals surface area contributed by atoms with Crippen LogP contribution in [0, 0.1) is 5.92 Å². The van der Waals surface area contributed by atoms with Gasteiger partial charge in [-0.2, -0.15) is 0 Å². The smallest absolute Gasteiger partial charge is 0.225 e. The molecule has 0 spiro atoms. The molecule has 3 fully saturated rings. The van der Waals surface area contributed by atoms with E-state index >= 15 is 0 Å². The van der Waals surface area contributed by atoms with Crippen LogP contribution in [-0.4, -0.2) is 61.0 Å². The molecule has 3 aliphatic rings. The fourth-order valence-corrected chi connectivity index (χ4v) is 3.61. The third-order valence-electron chi connectivity index (χ3n) is 5.12. The minimum Gasteiger partial charge on any atom is -0.341 e. The lowest BCUT2D eigenvalue weighted by Gasteiger charge is -2.34. The zero-order valence-corrected chi connectivity index (χ0v) is 14.4. The first-order valence-electron chi connectivity index (χ1n) is 8.08. The van der Waals surface area contributed by atoms with E-state index in [0.29, 0.717) is 11.8 Å². The highest BCUT2D eigenvalue weighted by molar-refractivity contribution is 5.85. The van der Waals surface area contributed by atoms with Crippen molar-refractivity contribution >= 4 is 30.7 Å². The van der Waals surface area contributed by atoms with Crippen molar-refractivity contribution in [2.24, 2.45) is 5.92 Å². The Morgan fingerprint density at radius 3 is 2.19 bits per heavy atom. The normalized spacial score (nSPS) is 25.2. The average molecular weight is 338 g/mol. The van der Waals surface area contributed by atoms with E-state index in [9.17, 15) is 4.79 Å². The molecule has 0 unspecified atom stereocenters. The molecule has 0 bridgehead atoms. The molecule has 6 heteroatoms. The quantitative estimate of drug-likeness (QED) is 0.836. The SMILES string of the molecule is Cl.Cl.O=C(C1CCC1)N1CCCN(C2CCNCC2)CC1. The molecule has 0 aromatic heterocycles. The van der Waals surface area contributed by atoms with Gasteiger partial charge in [-0.1, -0.05) is 6.42 Å². The Morgan fingerprint density at radius 2 is 1.57 bits per heavy atom. The minimum absolute atomic E-state index is 0. The monoisotopic (exact) mass is 337 g/mol. The largest absolute Gasteiger partial charge is 0.341 e. The summed E-state index contributed by atoms with van der Waals surface area (Å²) in [5.41, 5.74) is 0. The summed E-state index contributed by atoms with van der Waals surface area (Å²) in [6.45, 7) is 6.52. The predicted octanol–water partition coefficient (Wildman–Crippen LogP) is 1.92. The molecule has 1 saturated carbocycles. The van der Waals surface area contributed by atoms with Crippen LogP contribution in [0.3, 0.4) is 0 Å². The molecule has 1 amide bonds. The number of rotatable bonds is 2. The van der Waals surface area contributed by atoms with Crippen molar-refractivity contribution in [2.45, 2.75) is 44.6 Å². The predicted molar refractivity (Wildman–Crippen MR) is 90.5 cm³/mol. The second-order valence-corrected chi connectivity index (χ2v) is 6.32. The summed E-state index contributed by atoms with van der Waals surface area (Å²) >= 11 is 0. The van der Waals surface area contributed by atoms with Gasteiger partial charge < -0.3 is 10.2 Å². The standard InChI is InChI=1S/C15H27N3O.2ClH/c19-15(13-3-1-4-13)18-10-2-9-17(11-12-18)14-5-7-16-8-6-14;;/h13-14,16H,1-12H2;2*1H. The highest BCUT2D eigenvalue weighted by atomic mass is 35.5. The highest BCUT2D eigenvalue weighted by Gasteiger charge is 2.31. The molecule has 2 heterocycles. The number of carbonyl (C=O) groups excluding carboxylic acids is 1. The first-order valence-corrected chi connectivity index (χ1v) is 8.08. The van der Waals surface area contributed by atoms with Crippen LogP contribution in [0.4, 0.5) is 0 Å². The van der Waals surface area contributed by atoms with Crippen LogP contribution in [0.1, 0.15) is 38.5 Å². The van der Waals surface area contributed by atoms with Crippen molar-refractivity contribution in [3.05, 3.63) is 0 Å². The van der Waals surface area contributed by atoms with Gasteiger partial charge in [0.15, 0.2) is 0 Å². The minimum atomic E-state index is 0. The Bertz CT molecular complexity index is 320. The number of nitrogens with one attached hydrogen (secondary N) is 1. The highest BCUT2D eigenvalue weighted by Crippen LogP contribution is 2.28. The zero-order chi connectivity index (χ0) is 13.1. The second-order valence-electron chi connectivity index (χ2n) is 6.32. The first-order chi connectivity index (χ1) is 9.34. The summed E-state index contributed by atoms with van der Waals surface area (Å²) in [5, 5.41) is 3.44. The molecule has 2 aliphatic heterocycles. The van der Waals surface area contributed by atoms with Crippen LogP contribution in [0.2, 0.25) is 0 Å². The maximum absolute atomic E-state index is 12.3. The van der Waals surface area contributed by atoms with Crippen molar-refractivity contribution in [1.82, 2.24) is 15.1 Å². The summed E-state index contributed by atoms with van der Waals surface area (Å²) in [6, 6.07) is 0.750. The molecular formula is C15H29Cl2N3O. The van der Waals surface area contributed by atoms with Crippen LogP contribution in [0.25, 0.3) is 0 Å². The molecule has 1 N–H and O–H groups in total. The molecule has 3 rings (SSSR count). The van der Waals surface area contributed by atoms with Gasteiger partial charge in [0.25, 0.3) is 0 Å². The van der Waals surface area contributed by atoms with Gasteiger partial charge in [-0.25, -0.2) is 0 Å². The van der Waals surface area contributed by atoms with E-state index in [-0.39, 0.29) is 24.8 Å². The summed E-state index contributed by atoms with van der Waals surface area (Å²) in [7, 11) is 0. The van der Waals surface area contributed by atoms with Crippen LogP contribution in [0.15, 0.2) is 0 Å². The topological polar surface area (TPSA) is 35.6 Å². The second kappa shape index (κ2) is 9.19. The van der Waals surface area contributed by atoms with Crippen LogP contribution < -0.4 is 5.32 Å². The Balaban J connectivity index is 0.00000110. The van der Waals surface area contributed by atoms with E-state index in [1.165, 1.54) is 25.8 Å². The third kappa shape index (κ3) is 4.72. The Morgan fingerprint density at radius 1 is 0.857 bits per heavy atom. The van der Waals surface area contributed by atoms with Crippen LogP contribution >= 0.6 is 24.8 Å². The molecule has 4 nitrogen and oxygen atoms in total. The van der Waals surface area contributed by atoms with Gasteiger partial charge in [0.1, 0.15) is 0 Å². The fraction of sp³-hybridized carbons (Fsp3) is 0.933. The molecule has 0 atom stereocenters. The van der Waals surface area contributed by atoms with E-state index < -0.39 is 0 Å². The third-order valence-corrected chi connectivity index (χ3v) is 5.12. The van der Waals surface area contributed by atoms with E-state index in [2.05, 4.69) is 15.1 Å². The summed E-state index contributed by atoms with van der Waals surface area (Å²) in [4.78, 5) is 17.1. The van der Waals surface area contributed by atoms with E-state index in [1.54, 1.807) is 0 Å². The lowest BCUT2D eigenvalue weighted by Crippen LogP contribution is -2.45. The van der Waals surface area contributed by atoms with Crippen LogP contribution in [-0.2, 0) is 4.79 Å². The summed E-state index contributed by atoms with van der Waals surface area (Å²) < 4.78 is 0. The number of nitrogens with zero attached hydrogens (tertiary/aromatic N) is 2. The van der Waals surface area contributed by atoms with Gasteiger partial charge >= 0.3 is 0 Å². The maximum Gasteiger partial charge on any atom is 0.225 e. The van der Waals surface area contributed by atoms with Gasteiger partial charge in [-0.05, 0) is 45.2 Å². The van der Waals surface area contributed by atoms with Gasteiger partial charge in [0.05, 0.1) is 0 Å². The van der Waals surface area contributed by atoms with Crippen LogP contribution in [0.5, 0.6) is 0 Å². The van der Waals surface area contributed by atoms with Crippen molar-refractivity contribution < 1.29 is 4.79 Å². The van der Waals surface area contributed by atoms with Gasteiger partial charge in [0.2, 0.25) is 5.91 Å². The fourth-order valence-electron chi connectivity index (χ4n) is 3.61. The van der Waals surface area contributed by atoms with Gasteiger partial charge in [-0.3, -0.25) is 9.69 Å². The summed E-state index contributed by atoms with van der Waals surface area (Å²) in [6.07, 6.45) is 7.22. The first kappa shape index (κ1) is 19.0. The number of hydrogen-bond acceptors (Lipinski definition) is 3. The summed E-state index contributed by atoms with van der Waals surface area (Å²) in [5.74, 6) is 0.809. The molecule has 2 saturated heterocycles.